The first-order valence-electron chi connectivity index (χ1n) is 6.05. The molecule has 0 saturated carbocycles. The third-order valence-corrected chi connectivity index (χ3v) is 3.41. The van der Waals surface area contributed by atoms with Gasteiger partial charge in [-0.15, -0.1) is 24.8 Å². The van der Waals surface area contributed by atoms with Crippen LogP contribution in [0.5, 0.6) is 5.75 Å². The van der Waals surface area contributed by atoms with Gasteiger partial charge in [0.15, 0.2) is 0 Å². The predicted octanol–water partition coefficient (Wildman–Crippen LogP) is 2.59. The quantitative estimate of drug-likeness (QED) is 0.857. The maximum absolute atomic E-state index is 5.26. The third-order valence-electron chi connectivity index (χ3n) is 3.21. The molecule has 1 aliphatic heterocycles. The smallest absolute Gasteiger partial charge is 0.120 e. The number of rotatable bonds is 4. The number of hydrogen-bond acceptors (Lipinski definition) is 4. The topological polar surface area (TPSA) is 15.7 Å². The monoisotopic (exact) mass is 324 g/mol. The van der Waals surface area contributed by atoms with E-state index in [9.17, 15) is 0 Å². The van der Waals surface area contributed by atoms with E-state index in [0.29, 0.717) is 0 Å². The summed E-state index contributed by atoms with van der Waals surface area (Å²) in [6.07, 6.45) is 0. The summed E-state index contributed by atoms with van der Waals surface area (Å²) in [7, 11) is 1.71. The van der Waals surface area contributed by atoms with E-state index in [1.165, 1.54) is 5.69 Å². The van der Waals surface area contributed by atoms with Crippen molar-refractivity contribution in [1.82, 2.24) is 4.90 Å². The van der Waals surface area contributed by atoms with E-state index in [1.807, 2.05) is 12.1 Å². The van der Waals surface area contributed by atoms with Gasteiger partial charge in [-0.1, -0.05) is 6.07 Å². The molecule has 0 amide bonds. The van der Waals surface area contributed by atoms with Crippen LogP contribution in [-0.4, -0.2) is 50.5 Å². The van der Waals surface area contributed by atoms with Gasteiger partial charge in [-0.05, 0) is 12.1 Å². The molecule has 0 aromatic heterocycles. The number of thiol groups is 1. The van der Waals surface area contributed by atoms with E-state index < -0.39 is 0 Å². The van der Waals surface area contributed by atoms with Crippen molar-refractivity contribution < 1.29 is 4.74 Å². The Morgan fingerprint density at radius 3 is 2.42 bits per heavy atom. The second-order valence-electron chi connectivity index (χ2n) is 4.25. The number of methoxy groups -OCH3 is 1. The van der Waals surface area contributed by atoms with Crippen molar-refractivity contribution in [3.8, 4) is 5.75 Å². The van der Waals surface area contributed by atoms with Crippen LogP contribution in [-0.2, 0) is 0 Å². The fraction of sp³-hybridized carbons (Fsp3) is 0.538. The summed E-state index contributed by atoms with van der Waals surface area (Å²) >= 11 is 4.28. The lowest BCUT2D eigenvalue weighted by Gasteiger charge is -2.35. The maximum atomic E-state index is 5.26. The molecule has 0 radical (unpaired) electrons. The standard InChI is InChI=1S/C13H20N2OS.2ClH/c1-16-13-4-2-3-12(11-13)15-7-5-14(6-8-15)9-10-17;;/h2-4,11,17H,5-10H2,1H3;2*1H. The van der Waals surface area contributed by atoms with Crippen molar-refractivity contribution in [3.63, 3.8) is 0 Å². The number of benzene rings is 1. The predicted molar refractivity (Wildman–Crippen MR) is 90.0 cm³/mol. The molecule has 0 unspecified atom stereocenters. The molecule has 110 valence electrons. The van der Waals surface area contributed by atoms with Gasteiger partial charge in [0.05, 0.1) is 7.11 Å². The Morgan fingerprint density at radius 1 is 1.16 bits per heavy atom. The van der Waals surface area contributed by atoms with Crippen LogP contribution < -0.4 is 9.64 Å². The molecule has 0 aliphatic carbocycles. The maximum Gasteiger partial charge on any atom is 0.120 e. The number of anilines is 1. The summed E-state index contributed by atoms with van der Waals surface area (Å²) in [5, 5.41) is 0. The number of piperazine rings is 1. The van der Waals surface area contributed by atoms with Gasteiger partial charge in [0.25, 0.3) is 0 Å². The Balaban J connectivity index is 0.00000162. The summed E-state index contributed by atoms with van der Waals surface area (Å²) in [6, 6.07) is 8.29. The average molecular weight is 325 g/mol. The number of nitrogens with zero attached hydrogens (tertiary/aromatic N) is 2. The Labute approximate surface area is 133 Å². The van der Waals surface area contributed by atoms with Gasteiger partial charge >= 0.3 is 0 Å². The minimum atomic E-state index is 0. The third kappa shape index (κ3) is 5.30. The fourth-order valence-electron chi connectivity index (χ4n) is 2.18. The largest absolute Gasteiger partial charge is 0.497 e. The highest BCUT2D eigenvalue weighted by atomic mass is 35.5. The molecule has 3 nitrogen and oxygen atoms in total. The lowest BCUT2D eigenvalue weighted by Crippen LogP contribution is -2.46. The van der Waals surface area contributed by atoms with Crippen LogP contribution in [0, 0.1) is 0 Å². The molecule has 0 atom stereocenters. The Morgan fingerprint density at radius 2 is 1.84 bits per heavy atom. The van der Waals surface area contributed by atoms with Crippen molar-refractivity contribution in [2.75, 3.05) is 50.5 Å². The van der Waals surface area contributed by atoms with E-state index in [4.69, 9.17) is 4.74 Å². The van der Waals surface area contributed by atoms with Gasteiger partial charge in [0, 0.05) is 50.2 Å². The van der Waals surface area contributed by atoms with Crippen LogP contribution in [0.4, 0.5) is 5.69 Å². The van der Waals surface area contributed by atoms with Crippen LogP contribution >= 0.6 is 37.4 Å². The molecule has 0 spiro atoms. The zero-order valence-electron chi connectivity index (χ0n) is 11.1. The molecule has 0 bridgehead atoms. The second-order valence-corrected chi connectivity index (χ2v) is 4.70. The first-order chi connectivity index (χ1) is 8.33. The van der Waals surface area contributed by atoms with E-state index in [-0.39, 0.29) is 24.8 Å². The highest BCUT2D eigenvalue weighted by molar-refractivity contribution is 7.80. The van der Waals surface area contributed by atoms with Crippen molar-refractivity contribution >= 4 is 43.1 Å². The fourth-order valence-corrected chi connectivity index (χ4v) is 2.46. The molecular weight excluding hydrogens is 303 g/mol. The Kier molecular flexibility index (Phi) is 9.44. The normalized spacial score (nSPS) is 15.4. The van der Waals surface area contributed by atoms with E-state index in [1.54, 1.807) is 7.11 Å². The molecule has 1 fully saturated rings. The summed E-state index contributed by atoms with van der Waals surface area (Å²) < 4.78 is 5.26. The van der Waals surface area contributed by atoms with Crippen LogP contribution in [0.15, 0.2) is 24.3 Å². The SMILES string of the molecule is COc1cccc(N2CCN(CCS)CC2)c1.Cl.Cl. The van der Waals surface area contributed by atoms with E-state index in [0.717, 1.165) is 44.2 Å². The van der Waals surface area contributed by atoms with Crippen molar-refractivity contribution in [2.45, 2.75) is 0 Å². The minimum absolute atomic E-state index is 0. The van der Waals surface area contributed by atoms with E-state index in [2.05, 4.69) is 34.6 Å². The van der Waals surface area contributed by atoms with Crippen molar-refractivity contribution in [1.29, 1.82) is 0 Å². The van der Waals surface area contributed by atoms with Gasteiger partial charge in [-0.2, -0.15) is 12.6 Å². The lowest BCUT2D eigenvalue weighted by molar-refractivity contribution is 0.273. The van der Waals surface area contributed by atoms with Gasteiger partial charge in [-0.3, -0.25) is 4.90 Å². The molecule has 6 heteroatoms. The summed E-state index contributed by atoms with van der Waals surface area (Å²) in [5.41, 5.74) is 1.26. The summed E-state index contributed by atoms with van der Waals surface area (Å²) in [4.78, 5) is 4.88. The average Bonchev–Trinajstić information content (AvgIpc) is 2.40. The first kappa shape index (κ1) is 18.7. The molecule has 1 aliphatic rings. The second kappa shape index (κ2) is 9.59. The van der Waals surface area contributed by atoms with Crippen LogP contribution in [0.25, 0.3) is 0 Å². The van der Waals surface area contributed by atoms with Gasteiger partial charge in [-0.25, -0.2) is 0 Å². The summed E-state index contributed by atoms with van der Waals surface area (Å²) in [6.45, 7) is 5.51. The van der Waals surface area contributed by atoms with Crippen LogP contribution in [0.2, 0.25) is 0 Å². The molecule has 1 aromatic rings. The van der Waals surface area contributed by atoms with Crippen LogP contribution in [0.1, 0.15) is 0 Å². The van der Waals surface area contributed by atoms with Gasteiger partial charge in [0.1, 0.15) is 5.75 Å². The van der Waals surface area contributed by atoms with Crippen molar-refractivity contribution in [2.24, 2.45) is 0 Å². The highest BCUT2D eigenvalue weighted by Gasteiger charge is 2.16. The molecule has 1 saturated heterocycles. The summed E-state index contributed by atoms with van der Waals surface area (Å²) in [5.74, 6) is 1.87. The molecular formula is C13H22Cl2N2OS. The van der Waals surface area contributed by atoms with Gasteiger partial charge < -0.3 is 9.64 Å². The van der Waals surface area contributed by atoms with Crippen LogP contribution in [0.3, 0.4) is 0 Å². The molecule has 2 rings (SSSR count). The first-order valence-corrected chi connectivity index (χ1v) is 6.69. The molecule has 1 heterocycles. The Bertz CT molecular complexity index is 360. The minimum Gasteiger partial charge on any atom is -0.497 e. The number of ether oxygens (including phenoxy) is 1. The number of hydrogen-bond donors (Lipinski definition) is 1. The van der Waals surface area contributed by atoms with Crippen molar-refractivity contribution in [3.05, 3.63) is 24.3 Å². The van der Waals surface area contributed by atoms with E-state index >= 15 is 0 Å². The highest BCUT2D eigenvalue weighted by Crippen LogP contribution is 2.21. The zero-order valence-corrected chi connectivity index (χ0v) is 13.6. The zero-order chi connectivity index (χ0) is 12.1. The molecule has 19 heavy (non-hydrogen) atoms. The molecule has 0 N–H and O–H groups in total. The van der Waals surface area contributed by atoms with Gasteiger partial charge in [0.2, 0.25) is 0 Å². The Hall–Kier alpha value is -0.290. The number of halogens is 2. The molecule has 1 aromatic carbocycles. The lowest BCUT2D eigenvalue weighted by atomic mass is 10.2.